The van der Waals surface area contributed by atoms with Crippen molar-refractivity contribution in [2.24, 2.45) is 0 Å². The Morgan fingerprint density at radius 2 is 1.71 bits per heavy atom. The van der Waals surface area contributed by atoms with Gasteiger partial charge >= 0.3 is 5.97 Å². The van der Waals surface area contributed by atoms with Gasteiger partial charge in [-0.2, -0.15) is 0 Å². The van der Waals surface area contributed by atoms with E-state index in [0.717, 1.165) is 19.6 Å². The minimum absolute atomic E-state index is 0.250. The van der Waals surface area contributed by atoms with E-state index in [4.69, 9.17) is 4.74 Å². The molecule has 0 aliphatic carbocycles. The molecule has 0 bridgehead atoms. The zero-order valence-electron chi connectivity index (χ0n) is 15.3. The molecular formula is C19H30N2O3. The van der Waals surface area contributed by atoms with Gasteiger partial charge < -0.3 is 15.0 Å². The van der Waals surface area contributed by atoms with Crippen molar-refractivity contribution in [3.8, 4) is 0 Å². The van der Waals surface area contributed by atoms with Gasteiger partial charge in [-0.25, -0.2) is 0 Å². The summed E-state index contributed by atoms with van der Waals surface area (Å²) in [6, 6.07) is 9.16. The van der Waals surface area contributed by atoms with E-state index in [-0.39, 0.29) is 12.5 Å². The van der Waals surface area contributed by atoms with E-state index in [2.05, 4.69) is 24.1 Å². The SMILES string of the molecule is CCOC(=O)[C@@](CC)(C(=O)NCCN(CC)CC)c1ccccc1. The molecule has 5 nitrogen and oxygen atoms in total. The first kappa shape index (κ1) is 20.2. The standard InChI is InChI=1S/C19H30N2O3/c1-5-19(18(23)24-8-4,16-12-10-9-11-13-16)17(22)20-14-15-21(6-2)7-3/h9-13H,5-8,14-15H2,1-4H3,(H,20,22)/t19-/m1/s1. The van der Waals surface area contributed by atoms with Crippen molar-refractivity contribution in [3.63, 3.8) is 0 Å². The number of rotatable bonds is 10. The molecule has 24 heavy (non-hydrogen) atoms. The molecule has 5 heteroatoms. The van der Waals surface area contributed by atoms with Crippen molar-refractivity contribution >= 4 is 11.9 Å². The Bertz CT molecular complexity index is 515. The summed E-state index contributed by atoms with van der Waals surface area (Å²) in [5.74, 6) is -0.777. The summed E-state index contributed by atoms with van der Waals surface area (Å²) in [6.07, 6.45) is 0.354. The summed E-state index contributed by atoms with van der Waals surface area (Å²) >= 11 is 0. The van der Waals surface area contributed by atoms with Gasteiger partial charge in [-0.3, -0.25) is 9.59 Å². The average molecular weight is 334 g/mol. The summed E-state index contributed by atoms with van der Waals surface area (Å²) in [7, 11) is 0. The van der Waals surface area contributed by atoms with Crippen LogP contribution in [0.2, 0.25) is 0 Å². The molecule has 0 unspecified atom stereocenters. The van der Waals surface area contributed by atoms with Crippen LogP contribution < -0.4 is 5.32 Å². The third-order valence-corrected chi connectivity index (χ3v) is 4.42. The van der Waals surface area contributed by atoms with E-state index < -0.39 is 11.4 Å². The molecule has 1 aromatic carbocycles. The second-order valence-corrected chi connectivity index (χ2v) is 5.63. The van der Waals surface area contributed by atoms with Gasteiger partial charge in [-0.15, -0.1) is 0 Å². The molecule has 134 valence electrons. The quantitative estimate of drug-likeness (QED) is 0.527. The lowest BCUT2D eigenvalue weighted by Gasteiger charge is -2.30. The Kier molecular flexibility index (Phi) is 8.47. The molecule has 0 aliphatic heterocycles. The van der Waals surface area contributed by atoms with Gasteiger partial charge in [0.1, 0.15) is 0 Å². The topological polar surface area (TPSA) is 58.6 Å². The van der Waals surface area contributed by atoms with Gasteiger partial charge in [0.05, 0.1) is 6.61 Å². The average Bonchev–Trinajstić information content (AvgIpc) is 2.61. The van der Waals surface area contributed by atoms with Gasteiger partial charge in [0, 0.05) is 13.1 Å². The first-order valence-electron chi connectivity index (χ1n) is 8.80. The molecule has 0 saturated carbocycles. The smallest absolute Gasteiger partial charge is 0.326 e. The molecule has 0 saturated heterocycles. The Labute approximate surface area is 145 Å². The minimum atomic E-state index is -1.29. The highest BCUT2D eigenvalue weighted by molar-refractivity contribution is 6.08. The molecule has 1 rings (SSSR count). The molecule has 1 aromatic rings. The number of carbonyl (C=O) groups excluding carboxylic acids is 2. The van der Waals surface area contributed by atoms with E-state index in [1.807, 2.05) is 37.3 Å². The summed E-state index contributed by atoms with van der Waals surface area (Å²) in [4.78, 5) is 27.8. The molecular weight excluding hydrogens is 304 g/mol. The highest BCUT2D eigenvalue weighted by Gasteiger charge is 2.47. The zero-order valence-corrected chi connectivity index (χ0v) is 15.3. The summed E-state index contributed by atoms with van der Waals surface area (Å²) in [6.45, 7) is 11.2. The van der Waals surface area contributed by atoms with Crippen molar-refractivity contribution in [1.29, 1.82) is 0 Å². The lowest BCUT2D eigenvalue weighted by molar-refractivity contribution is -0.155. The summed E-state index contributed by atoms with van der Waals surface area (Å²) in [5, 5.41) is 2.93. The third kappa shape index (κ3) is 4.57. The molecule has 0 fully saturated rings. The predicted octanol–water partition coefficient (Wildman–Crippen LogP) is 2.36. The van der Waals surface area contributed by atoms with Crippen LogP contribution in [-0.2, 0) is 19.7 Å². The molecule has 0 heterocycles. The van der Waals surface area contributed by atoms with Crippen LogP contribution in [0.25, 0.3) is 0 Å². The maximum Gasteiger partial charge on any atom is 0.326 e. The number of hydrogen-bond donors (Lipinski definition) is 1. The fourth-order valence-electron chi connectivity index (χ4n) is 2.85. The monoisotopic (exact) mass is 334 g/mol. The fraction of sp³-hybridized carbons (Fsp3) is 0.579. The number of nitrogens with one attached hydrogen (secondary N) is 1. The molecule has 0 radical (unpaired) electrons. The van der Waals surface area contributed by atoms with Gasteiger partial charge in [0.25, 0.3) is 0 Å². The van der Waals surface area contributed by atoms with Crippen molar-refractivity contribution in [2.45, 2.75) is 39.5 Å². The summed E-state index contributed by atoms with van der Waals surface area (Å²) in [5.41, 5.74) is -0.619. The Hall–Kier alpha value is -1.88. The summed E-state index contributed by atoms with van der Waals surface area (Å²) < 4.78 is 5.23. The van der Waals surface area contributed by atoms with Gasteiger partial charge in [-0.1, -0.05) is 51.1 Å². The van der Waals surface area contributed by atoms with Crippen LogP contribution in [-0.4, -0.2) is 49.6 Å². The second kappa shape index (κ2) is 10.1. The van der Waals surface area contributed by atoms with Crippen molar-refractivity contribution < 1.29 is 14.3 Å². The minimum Gasteiger partial charge on any atom is -0.465 e. The van der Waals surface area contributed by atoms with Crippen LogP contribution in [0.4, 0.5) is 0 Å². The fourth-order valence-corrected chi connectivity index (χ4v) is 2.85. The molecule has 0 aliphatic rings. The highest BCUT2D eigenvalue weighted by Crippen LogP contribution is 2.30. The number of likely N-dealkylation sites (N-methyl/N-ethyl adjacent to an activating group) is 1. The van der Waals surface area contributed by atoms with Crippen LogP contribution in [0.1, 0.15) is 39.7 Å². The van der Waals surface area contributed by atoms with E-state index in [0.29, 0.717) is 18.5 Å². The number of amides is 1. The molecule has 1 N–H and O–H groups in total. The van der Waals surface area contributed by atoms with Crippen LogP contribution >= 0.6 is 0 Å². The van der Waals surface area contributed by atoms with E-state index in [9.17, 15) is 9.59 Å². The maximum atomic E-state index is 12.9. The largest absolute Gasteiger partial charge is 0.465 e. The van der Waals surface area contributed by atoms with Gasteiger partial charge in [0.15, 0.2) is 5.41 Å². The normalized spacial score (nSPS) is 13.4. The maximum absolute atomic E-state index is 12.9. The molecule has 1 amide bonds. The van der Waals surface area contributed by atoms with Crippen LogP contribution in [0.5, 0.6) is 0 Å². The Balaban J connectivity index is 3.00. The highest BCUT2D eigenvalue weighted by atomic mass is 16.5. The predicted molar refractivity (Wildman–Crippen MR) is 95.8 cm³/mol. The Morgan fingerprint density at radius 3 is 2.21 bits per heavy atom. The van der Waals surface area contributed by atoms with E-state index >= 15 is 0 Å². The number of ether oxygens (including phenoxy) is 1. The molecule has 0 aromatic heterocycles. The number of esters is 1. The Morgan fingerprint density at radius 1 is 1.08 bits per heavy atom. The van der Waals surface area contributed by atoms with Crippen LogP contribution in [0.15, 0.2) is 30.3 Å². The molecule has 0 spiro atoms. The lowest BCUT2D eigenvalue weighted by atomic mass is 9.77. The second-order valence-electron chi connectivity index (χ2n) is 5.63. The number of benzene rings is 1. The third-order valence-electron chi connectivity index (χ3n) is 4.42. The first-order valence-corrected chi connectivity index (χ1v) is 8.80. The number of nitrogens with zero attached hydrogens (tertiary/aromatic N) is 1. The van der Waals surface area contributed by atoms with Crippen LogP contribution in [0, 0.1) is 0 Å². The first-order chi connectivity index (χ1) is 11.6. The van der Waals surface area contributed by atoms with E-state index in [1.54, 1.807) is 6.92 Å². The van der Waals surface area contributed by atoms with Gasteiger partial charge in [-0.05, 0) is 32.0 Å². The number of hydrogen-bond acceptors (Lipinski definition) is 4. The van der Waals surface area contributed by atoms with Crippen molar-refractivity contribution in [3.05, 3.63) is 35.9 Å². The zero-order chi connectivity index (χ0) is 18.0. The van der Waals surface area contributed by atoms with Crippen molar-refractivity contribution in [2.75, 3.05) is 32.8 Å². The van der Waals surface area contributed by atoms with Gasteiger partial charge in [0.2, 0.25) is 5.91 Å². The van der Waals surface area contributed by atoms with Crippen LogP contribution in [0.3, 0.4) is 0 Å². The van der Waals surface area contributed by atoms with Crippen molar-refractivity contribution in [1.82, 2.24) is 10.2 Å². The van der Waals surface area contributed by atoms with E-state index in [1.165, 1.54) is 0 Å². The number of carbonyl (C=O) groups is 2. The molecule has 1 atom stereocenters. The lowest BCUT2D eigenvalue weighted by Crippen LogP contribution is -2.52.